The van der Waals surface area contributed by atoms with Crippen LogP contribution in [0.3, 0.4) is 0 Å². The summed E-state index contributed by atoms with van der Waals surface area (Å²) in [6, 6.07) is 4.24. The van der Waals surface area contributed by atoms with Crippen molar-refractivity contribution in [2.75, 3.05) is 6.54 Å². The Balaban J connectivity index is 1.39. The van der Waals surface area contributed by atoms with Crippen LogP contribution in [0.25, 0.3) is 0 Å². The summed E-state index contributed by atoms with van der Waals surface area (Å²) in [5.74, 6) is 1.12. The Hall–Kier alpha value is -2.09. The van der Waals surface area contributed by atoms with E-state index in [0.29, 0.717) is 13.2 Å². The van der Waals surface area contributed by atoms with E-state index in [1.807, 2.05) is 29.9 Å². The van der Waals surface area contributed by atoms with Gasteiger partial charge in [0.25, 0.3) is 0 Å². The summed E-state index contributed by atoms with van der Waals surface area (Å²) >= 11 is 1.71. The Bertz CT molecular complexity index is 802. The minimum absolute atomic E-state index is 0.284. The SMILES string of the molecule is C[C@H]1c2ncc(COCc3ccncc3)n2CCN1Cc1nccs1. The number of imidazole rings is 1. The number of ether oxygens (including phenoxy) is 1. The summed E-state index contributed by atoms with van der Waals surface area (Å²) in [4.78, 5) is 15.5. The number of aromatic nitrogens is 4. The molecule has 0 fully saturated rings. The summed E-state index contributed by atoms with van der Waals surface area (Å²) in [5, 5.41) is 3.19. The second-order valence-electron chi connectivity index (χ2n) is 6.18. The molecule has 130 valence electrons. The molecule has 3 aromatic heterocycles. The first-order valence-electron chi connectivity index (χ1n) is 8.44. The monoisotopic (exact) mass is 355 g/mol. The van der Waals surface area contributed by atoms with Crippen molar-refractivity contribution in [1.29, 1.82) is 0 Å². The zero-order valence-electron chi connectivity index (χ0n) is 14.2. The predicted molar refractivity (Wildman–Crippen MR) is 95.9 cm³/mol. The van der Waals surface area contributed by atoms with Crippen LogP contribution < -0.4 is 0 Å². The number of hydrogen-bond donors (Lipinski definition) is 0. The first kappa shape index (κ1) is 16.4. The number of nitrogens with zero attached hydrogens (tertiary/aromatic N) is 5. The van der Waals surface area contributed by atoms with Crippen LogP contribution in [0.5, 0.6) is 0 Å². The van der Waals surface area contributed by atoms with Gasteiger partial charge in [-0.25, -0.2) is 9.97 Å². The second kappa shape index (κ2) is 7.43. The van der Waals surface area contributed by atoms with Gasteiger partial charge in [0.2, 0.25) is 0 Å². The number of thiazole rings is 1. The lowest BCUT2D eigenvalue weighted by atomic mass is 10.2. The topological polar surface area (TPSA) is 56.1 Å². The number of fused-ring (bicyclic) bond motifs is 1. The van der Waals surface area contributed by atoms with Crippen LogP contribution in [-0.4, -0.2) is 31.0 Å². The first-order chi connectivity index (χ1) is 12.3. The lowest BCUT2D eigenvalue weighted by Crippen LogP contribution is -2.37. The van der Waals surface area contributed by atoms with Gasteiger partial charge in [-0.05, 0) is 24.6 Å². The van der Waals surface area contributed by atoms with E-state index in [2.05, 4.69) is 31.3 Å². The van der Waals surface area contributed by atoms with E-state index in [1.165, 1.54) is 0 Å². The molecule has 0 saturated heterocycles. The van der Waals surface area contributed by atoms with Gasteiger partial charge in [-0.1, -0.05) is 0 Å². The molecule has 6 nitrogen and oxygen atoms in total. The van der Waals surface area contributed by atoms with Gasteiger partial charge in [0.1, 0.15) is 10.8 Å². The molecule has 25 heavy (non-hydrogen) atoms. The van der Waals surface area contributed by atoms with Crippen LogP contribution >= 0.6 is 11.3 Å². The zero-order chi connectivity index (χ0) is 17.1. The average Bonchev–Trinajstić information content (AvgIpc) is 3.29. The fraction of sp³-hybridized carbons (Fsp3) is 0.389. The summed E-state index contributed by atoms with van der Waals surface area (Å²) in [6.07, 6.45) is 7.40. The smallest absolute Gasteiger partial charge is 0.126 e. The molecule has 0 radical (unpaired) electrons. The molecular weight excluding hydrogens is 334 g/mol. The Morgan fingerprint density at radius 3 is 2.84 bits per heavy atom. The summed E-state index contributed by atoms with van der Waals surface area (Å²) in [5.41, 5.74) is 2.28. The molecule has 0 amide bonds. The molecule has 0 spiro atoms. The Kier molecular flexibility index (Phi) is 4.87. The quantitative estimate of drug-likeness (QED) is 0.680. The first-order valence-corrected chi connectivity index (χ1v) is 9.32. The van der Waals surface area contributed by atoms with E-state index in [-0.39, 0.29) is 6.04 Å². The molecule has 0 aliphatic carbocycles. The Morgan fingerprint density at radius 1 is 1.16 bits per heavy atom. The van der Waals surface area contributed by atoms with Crippen LogP contribution in [0, 0.1) is 0 Å². The van der Waals surface area contributed by atoms with Crippen molar-refractivity contribution in [2.45, 2.75) is 39.3 Å². The average molecular weight is 355 g/mol. The van der Waals surface area contributed by atoms with Crippen LogP contribution in [0.4, 0.5) is 0 Å². The minimum Gasteiger partial charge on any atom is -0.370 e. The second-order valence-corrected chi connectivity index (χ2v) is 7.16. The van der Waals surface area contributed by atoms with Crippen molar-refractivity contribution in [2.24, 2.45) is 0 Å². The molecule has 0 bridgehead atoms. The van der Waals surface area contributed by atoms with E-state index >= 15 is 0 Å². The van der Waals surface area contributed by atoms with Gasteiger partial charge in [-0.15, -0.1) is 11.3 Å². The van der Waals surface area contributed by atoms with Crippen molar-refractivity contribution in [3.63, 3.8) is 0 Å². The van der Waals surface area contributed by atoms with Gasteiger partial charge in [0.05, 0.1) is 37.7 Å². The molecule has 4 rings (SSSR count). The van der Waals surface area contributed by atoms with Crippen LogP contribution in [0.1, 0.15) is 35.1 Å². The lowest BCUT2D eigenvalue weighted by molar-refractivity contribution is 0.0970. The third kappa shape index (κ3) is 3.63. The number of pyridine rings is 1. The molecule has 1 aliphatic heterocycles. The maximum atomic E-state index is 5.87. The van der Waals surface area contributed by atoms with Crippen LogP contribution in [-0.2, 0) is 31.0 Å². The highest BCUT2D eigenvalue weighted by Crippen LogP contribution is 2.27. The highest BCUT2D eigenvalue weighted by atomic mass is 32.1. The van der Waals surface area contributed by atoms with Gasteiger partial charge < -0.3 is 9.30 Å². The van der Waals surface area contributed by atoms with Crippen molar-refractivity contribution in [1.82, 2.24) is 24.4 Å². The zero-order valence-corrected chi connectivity index (χ0v) is 15.0. The van der Waals surface area contributed by atoms with Gasteiger partial charge in [-0.2, -0.15) is 0 Å². The van der Waals surface area contributed by atoms with E-state index < -0.39 is 0 Å². The van der Waals surface area contributed by atoms with Crippen LogP contribution in [0.15, 0.2) is 42.3 Å². The molecule has 0 aromatic carbocycles. The normalized spacial score (nSPS) is 17.6. The van der Waals surface area contributed by atoms with E-state index in [1.54, 1.807) is 23.7 Å². The highest BCUT2D eigenvalue weighted by Gasteiger charge is 2.27. The molecule has 3 aromatic rings. The Morgan fingerprint density at radius 2 is 2.04 bits per heavy atom. The minimum atomic E-state index is 0.284. The Labute approximate surface area is 151 Å². The fourth-order valence-electron chi connectivity index (χ4n) is 3.19. The third-order valence-electron chi connectivity index (χ3n) is 4.59. The largest absolute Gasteiger partial charge is 0.370 e. The number of rotatable bonds is 6. The van der Waals surface area contributed by atoms with E-state index in [4.69, 9.17) is 4.74 Å². The van der Waals surface area contributed by atoms with Gasteiger partial charge in [0.15, 0.2) is 0 Å². The van der Waals surface area contributed by atoms with Crippen molar-refractivity contribution < 1.29 is 4.74 Å². The van der Waals surface area contributed by atoms with E-state index in [9.17, 15) is 0 Å². The molecule has 1 atom stereocenters. The third-order valence-corrected chi connectivity index (χ3v) is 5.36. The van der Waals surface area contributed by atoms with Crippen molar-refractivity contribution in [3.8, 4) is 0 Å². The molecule has 4 heterocycles. The maximum absolute atomic E-state index is 5.87. The number of hydrogen-bond acceptors (Lipinski definition) is 6. The molecule has 0 unspecified atom stereocenters. The van der Waals surface area contributed by atoms with Crippen LogP contribution in [0.2, 0.25) is 0 Å². The molecule has 0 saturated carbocycles. The predicted octanol–water partition coefficient (Wildman–Crippen LogP) is 3.03. The maximum Gasteiger partial charge on any atom is 0.126 e. The summed E-state index contributed by atoms with van der Waals surface area (Å²) in [6.45, 7) is 6.22. The van der Waals surface area contributed by atoms with Gasteiger partial charge >= 0.3 is 0 Å². The summed E-state index contributed by atoms with van der Waals surface area (Å²) in [7, 11) is 0. The fourth-order valence-corrected chi connectivity index (χ4v) is 3.83. The van der Waals surface area contributed by atoms with Crippen molar-refractivity contribution >= 4 is 11.3 Å². The lowest BCUT2D eigenvalue weighted by Gasteiger charge is -2.33. The molecule has 0 N–H and O–H groups in total. The summed E-state index contributed by atoms with van der Waals surface area (Å²) < 4.78 is 8.17. The highest BCUT2D eigenvalue weighted by molar-refractivity contribution is 7.09. The van der Waals surface area contributed by atoms with Crippen molar-refractivity contribution in [3.05, 3.63) is 64.4 Å². The molecule has 1 aliphatic rings. The van der Waals surface area contributed by atoms with E-state index in [0.717, 1.165) is 41.7 Å². The van der Waals surface area contributed by atoms with Gasteiger partial charge in [-0.3, -0.25) is 9.88 Å². The molecular formula is C18H21N5OS. The van der Waals surface area contributed by atoms with Gasteiger partial charge in [0, 0.05) is 37.1 Å². The molecule has 7 heteroatoms. The standard InChI is InChI=1S/C18H21N5OS/c1-14-18-21-10-16(13-24-12-15-2-4-19-5-3-15)23(18)8-7-22(14)11-17-20-6-9-25-17/h2-6,9-10,14H,7-8,11-13H2,1H3/t14-/m0/s1.